The summed E-state index contributed by atoms with van der Waals surface area (Å²) in [4.78, 5) is 37.3. The van der Waals surface area contributed by atoms with Gasteiger partial charge in [0.1, 0.15) is 12.1 Å². The second kappa shape index (κ2) is 9.49. The van der Waals surface area contributed by atoms with Crippen LogP contribution in [-0.2, 0) is 14.3 Å². The van der Waals surface area contributed by atoms with Gasteiger partial charge in [-0.2, -0.15) is 0 Å². The van der Waals surface area contributed by atoms with E-state index in [9.17, 15) is 19.5 Å². The summed E-state index contributed by atoms with van der Waals surface area (Å²) >= 11 is 0. The summed E-state index contributed by atoms with van der Waals surface area (Å²) in [7, 11) is 0. The van der Waals surface area contributed by atoms with E-state index in [-0.39, 0.29) is 36.8 Å². The van der Waals surface area contributed by atoms with E-state index in [4.69, 9.17) is 4.74 Å². The topological polar surface area (TPSA) is 105 Å². The number of carboxylic acid groups (broad SMARTS) is 1. The summed E-state index contributed by atoms with van der Waals surface area (Å²) in [6, 6.07) is 16.2. The van der Waals surface area contributed by atoms with Crippen LogP contribution >= 0.6 is 0 Å². The summed E-state index contributed by atoms with van der Waals surface area (Å²) < 4.78 is 5.64. The standard InChI is InChI=1S/C27H32N2O5/c1-16(2)22(24(30)31)14-28-25(32)27(3,17-12-13-17)29-26(33)34-15-23-20-10-6-4-8-18(20)19-9-5-7-11-21(19)23/h4-11,16-17,22-23H,12-15H2,1-3H3,(H,28,32)(H,29,33)(H,30,31). The average Bonchev–Trinajstić information content (AvgIpc) is 3.61. The van der Waals surface area contributed by atoms with Crippen molar-refractivity contribution >= 4 is 18.0 Å². The zero-order valence-electron chi connectivity index (χ0n) is 19.8. The first-order valence-electron chi connectivity index (χ1n) is 11.9. The zero-order valence-corrected chi connectivity index (χ0v) is 19.8. The molecule has 0 saturated heterocycles. The van der Waals surface area contributed by atoms with Crippen molar-refractivity contribution in [2.75, 3.05) is 13.2 Å². The number of benzene rings is 2. The number of rotatable bonds is 9. The van der Waals surface area contributed by atoms with Gasteiger partial charge in [-0.15, -0.1) is 0 Å². The van der Waals surface area contributed by atoms with Crippen molar-refractivity contribution in [3.63, 3.8) is 0 Å². The van der Waals surface area contributed by atoms with Crippen LogP contribution in [0.4, 0.5) is 4.79 Å². The highest BCUT2D eigenvalue weighted by molar-refractivity contribution is 5.90. The molecule has 2 aliphatic rings. The van der Waals surface area contributed by atoms with E-state index in [2.05, 4.69) is 34.9 Å². The lowest BCUT2D eigenvalue weighted by Gasteiger charge is -2.30. The smallest absolute Gasteiger partial charge is 0.408 e. The lowest BCUT2D eigenvalue weighted by molar-refractivity contribution is -0.143. The van der Waals surface area contributed by atoms with Gasteiger partial charge < -0.3 is 20.5 Å². The molecular weight excluding hydrogens is 432 g/mol. The molecule has 7 nitrogen and oxygen atoms in total. The summed E-state index contributed by atoms with van der Waals surface area (Å²) in [5.74, 6) is -2.22. The Balaban J connectivity index is 1.41. The van der Waals surface area contributed by atoms with Gasteiger partial charge >= 0.3 is 12.1 Å². The van der Waals surface area contributed by atoms with E-state index < -0.39 is 23.5 Å². The Bertz CT molecular complexity index is 1050. The summed E-state index contributed by atoms with van der Waals surface area (Å²) in [6.07, 6.45) is 0.991. The first kappa shape index (κ1) is 23.8. The second-order valence-corrected chi connectivity index (χ2v) is 9.83. The molecule has 0 spiro atoms. The molecule has 0 heterocycles. The van der Waals surface area contributed by atoms with Crippen LogP contribution in [0, 0.1) is 17.8 Å². The van der Waals surface area contributed by atoms with Crippen LogP contribution in [0.3, 0.4) is 0 Å². The molecule has 0 aromatic heterocycles. The van der Waals surface area contributed by atoms with Crippen LogP contribution in [0.25, 0.3) is 11.1 Å². The molecule has 7 heteroatoms. The molecule has 2 amide bonds. The number of carbonyl (C=O) groups excluding carboxylic acids is 2. The quantitative estimate of drug-likeness (QED) is 0.517. The minimum Gasteiger partial charge on any atom is -0.481 e. The number of hydrogen-bond donors (Lipinski definition) is 3. The predicted molar refractivity (Wildman–Crippen MR) is 128 cm³/mol. The Kier molecular flexibility index (Phi) is 6.64. The normalized spacial score (nSPS) is 17.3. The highest BCUT2D eigenvalue weighted by Crippen LogP contribution is 2.44. The molecule has 1 saturated carbocycles. The maximum Gasteiger partial charge on any atom is 0.408 e. The van der Waals surface area contributed by atoms with Crippen molar-refractivity contribution in [2.45, 2.75) is 45.1 Å². The van der Waals surface area contributed by atoms with Crippen molar-refractivity contribution in [3.05, 3.63) is 59.7 Å². The fraction of sp³-hybridized carbons (Fsp3) is 0.444. The third-order valence-electron chi connectivity index (χ3n) is 7.18. The molecule has 34 heavy (non-hydrogen) atoms. The molecule has 3 N–H and O–H groups in total. The number of aliphatic carboxylic acids is 1. The van der Waals surface area contributed by atoms with Crippen molar-refractivity contribution in [1.29, 1.82) is 0 Å². The van der Waals surface area contributed by atoms with Gasteiger partial charge in [-0.1, -0.05) is 62.4 Å². The largest absolute Gasteiger partial charge is 0.481 e. The fourth-order valence-electron chi connectivity index (χ4n) is 4.85. The molecule has 2 aliphatic carbocycles. The van der Waals surface area contributed by atoms with Gasteiger partial charge in [0.15, 0.2) is 0 Å². The highest BCUT2D eigenvalue weighted by atomic mass is 16.5. The molecule has 2 aromatic rings. The van der Waals surface area contributed by atoms with Crippen LogP contribution in [0.5, 0.6) is 0 Å². The Hall–Kier alpha value is -3.35. The van der Waals surface area contributed by atoms with E-state index in [1.165, 1.54) is 0 Å². The molecule has 1 fully saturated rings. The minimum absolute atomic E-state index is 0.00434. The van der Waals surface area contributed by atoms with Crippen molar-refractivity contribution < 1.29 is 24.2 Å². The first-order chi connectivity index (χ1) is 16.2. The number of fused-ring (bicyclic) bond motifs is 3. The lowest BCUT2D eigenvalue weighted by atomic mass is 9.92. The average molecular weight is 465 g/mol. The van der Waals surface area contributed by atoms with Crippen LogP contribution in [-0.4, -0.2) is 41.8 Å². The van der Waals surface area contributed by atoms with E-state index >= 15 is 0 Å². The van der Waals surface area contributed by atoms with Crippen LogP contribution in [0.2, 0.25) is 0 Å². The monoisotopic (exact) mass is 464 g/mol. The Morgan fingerprint density at radius 3 is 2.09 bits per heavy atom. The number of carboxylic acids is 1. The van der Waals surface area contributed by atoms with E-state index in [0.29, 0.717) is 0 Å². The maximum absolute atomic E-state index is 13.0. The molecule has 180 valence electrons. The number of hydrogen-bond acceptors (Lipinski definition) is 4. The third kappa shape index (κ3) is 4.65. The predicted octanol–water partition coefficient (Wildman–Crippen LogP) is 4.17. The SMILES string of the molecule is CC(C)C(CNC(=O)C(C)(NC(=O)OCC1c2ccccc2-c2ccccc21)C1CC1)C(=O)O. The van der Waals surface area contributed by atoms with Gasteiger partial charge in [0.25, 0.3) is 0 Å². The highest BCUT2D eigenvalue weighted by Gasteiger charge is 2.49. The molecule has 2 unspecified atom stereocenters. The number of nitrogens with one attached hydrogen (secondary N) is 2. The summed E-state index contributed by atoms with van der Waals surface area (Å²) in [5.41, 5.74) is 3.38. The number of amides is 2. The van der Waals surface area contributed by atoms with Crippen molar-refractivity contribution in [1.82, 2.24) is 10.6 Å². The number of alkyl carbamates (subject to hydrolysis) is 1. The Morgan fingerprint density at radius 1 is 1.03 bits per heavy atom. The first-order valence-corrected chi connectivity index (χ1v) is 11.9. The summed E-state index contributed by atoms with van der Waals surface area (Å²) in [5, 5.41) is 14.9. The summed E-state index contributed by atoms with van der Waals surface area (Å²) in [6.45, 7) is 5.48. The molecule has 0 aliphatic heterocycles. The maximum atomic E-state index is 13.0. The number of carbonyl (C=O) groups is 3. The molecule has 0 bridgehead atoms. The molecule has 2 atom stereocenters. The van der Waals surface area contributed by atoms with Crippen molar-refractivity contribution in [3.8, 4) is 11.1 Å². The fourth-order valence-corrected chi connectivity index (χ4v) is 4.85. The van der Waals surface area contributed by atoms with Crippen molar-refractivity contribution in [2.24, 2.45) is 17.8 Å². The van der Waals surface area contributed by atoms with Gasteiger partial charge in [0, 0.05) is 12.5 Å². The van der Waals surface area contributed by atoms with E-state index in [0.717, 1.165) is 35.1 Å². The van der Waals surface area contributed by atoms with Crippen LogP contribution < -0.4 is 10.6 Å². The zero-order chi connectivity index (χ0) is 24.5. The van der Waals surface area contributed by atoms with Gasteiger partial charge in [0.05, 0.1) is 5.92 Å². The van der Waals surface area contributed by atoms with Gasteiger partial charge in [-0.05, 0) is 53.9 Å². The van der Waals surface area contributed by atoms with Crippen LogP contribution in [0.1, 0.15) is 50.7 Å². The molecule has 4 rings (SSSR count). The molecule has 2 aromatic carbocycles. The van der Waals surface area contributed by atoms with E-state index in [1.54, 1.807) is 20.8 Å². The minimum atomic E-state index is -1.15. The molecular formula is C27H32N2O5. The van der Waals surface area contributed by atoms with Gasteiger partial charge in [-0.25, -0.2) is 4.79 Å². The number of ether oxygens (including phenoxy) is 1. The second-order valence-electron chi connectivity index (χ2n) is 9.83. The van der Waals surface area contributed by atoms with E-state index in [1.807, 2.05) is 24.3 Å². The van der Waals surface area contributed by atoms with Gasteiger partial charge in [0.2, 0.25) is 5.91 Å². The molecule has 0 radical (unpaired) electrons. The van der Waals surface area contributed by atoms with Crippen LogP contribution in [0.15, 0.2) is 48.5 Å². The Labute approximate surface area is 199 Å². The Morgan fingerprint density at radius 2 is 1.59 bits per heavy atom. The third-order valence-corrected chi connectivity index (χ3v) is 7.18. The lowest BCUT2D eigenvalue weighted by Crippen LogP contribution is -2.59. The van der Waals surface area contributed by atoms with Gasteiger partial charge in [-0.3, -0.25) is 9.59 Å².